The predicted molar refractivity (Wildman–Crippen MR) is 174 cm³/mol. The number of pyridine rings is 1. The lowest BCUT2D eigenvalue weighted by molar-refractivity contribution is 1.41. The Morgan fingerprint density at radius 1 is 0.564 bits per heavy atom. The maximum atomic E-state index is 4.85. The summed E-state index contributed by atoms with van der Waals surface area (Å²) < 4.78 is 2.69. The number of thiophene rings is 1. The fourth-order valence-electron chi connectivity index (χ4n) is 5.44. The summed E-state index contributed by atoms with van der Waals surface area (Å²) in [6, 6.07) is 42.2. The fraction of sp³-hybridized carbons (Fsp3) is 0.0833. The number of aromatic nitrogens is 1. The van der Waals surface area contributed by atoms with Crippen molar-refractivity contribution in [3.63, 3.8) is 0 Å². The Kier molecular flexibility index (Phi) is 5.73. The van der Waals surface area contributed by atoms with Crippen LogP contribution in [0.4, 0.5) is 0 Å². The Hall–Kier alpha value is -4.05. The Bertz CT molecular complexity index is 1980. The molecule has 0 saturated heterocycles. The lowest BCUT2D eigenvalue weighted by Crippen LogP contribution is -2.37. The van der Waals surface area contributed by atoms with Gasteiger partial charge in [-0.1, -0.05) is 122 Å². The molecule has 0 atom stereocenters. The van der Waals surface area contributed by atoms with E-state index in [1.807, 2.05) is 17.5 Å². The number of nitrogens with zero attached hydrogens (tertiary/aromatic N) is 1. The van der Waals surface area contributed by atoms with Gasteiger partial charge in [0.05, 0.1) is 13.6 Å². The van der Waals surface area contributed by atoms with Crippen LogP contribution in [0.5, 0.6) is 0 Å². The minimum atomic E-state index is -1.29. The average Bonchev–Trinajstić information content (AvgIpc) is 3.35. The molecule has 0 saturated carbocycles. The lowest BCUT2D eigenvalue weighted by Gasteiger charge is -2.16. The minimum Gasteiger partial charge on any atom is -0.256 e. The molecular formula is C36H29NSSi. The number of hydrogen-bond donors (Lipinski definition) is 0. The van der Waals surface area contributed by atoms with Gasteiger partial charge in [0, 0.05) is 37.3 Å². The van der Waals surface area contributed by atoms with Crippen LogP contribution >= 0.6 is 11.3 Å². The highest BCUT2D eigenvalue weighted by atomic mass is 32.1. The summed E-state index contributed by atoms with van der Waals surface area (Å²) in [5, 5.41) is 5.32. The highest BCUT2D eigenvalue weighted by Gasteiger charge is 2.16. The molecule has 7 aromatic rings. The smallest absolute Gasteiger partial charge is 0.0775 e. The number of fused-ring (bicyclic) bond motifs is 4. The molecule has 7 rings (SSSR count). The monoisotopic (exact) mass is 535 g/mol. The Morgan fingerprint density at radius 2 is 1.23 bits per heavy atom. The first-order chi connectivity index (χ1) is 18.9. The first-order valence-corrected chi connectivity index (χ1v) is 17.8. The van der Waals surface area contributed by atoms with Gasteiger partial charge in [0.25, 0.3) is 0 Å². The Morgan fingerprint density at radius 3 is 2.03 bits per heavy atom. The van der Waals surface area contributed by atoms with Crippen molar-refractivity contribution in [2.45, 2.75) is 19.6 Å². The van der Waals surface area contributed by atoms with Crippen LogP contribution in [0.15, 0.2) is 121 Å². The standard InChI is InChI=1S/C36H29NSSi/c1-39(2,3)30-19-17-24(18-20-30)27-15-16-28-21-29(23-37-34(28)22-27)25-11-13-26(14-12-25)31-8-6-9-33-32-7-4-5-10-35(32)38-36(31)33/h4-23H,1-3H3. The highest BCUT2D eigenvalue weighted by molar-refractivity contribution is 7.26. The summed E-state index contributed by atoms with van der Waals surface area (Å²) in [5.41, 5.74) is 8.35. The molecule has 1 nitrogen and oxygen atoms in total. The summed E-state index contributed by atoms with van der Waals surface area (Å²) in [5.74, 6) is 0. The van der Waals surface area contributed by atoms with E-state index < -0.39 is 8.07 Å². The zero-order valence-electron chi connectivity index (χ0n) is 22.4. The van der Waals surface area contributed by atoms with Crippen molar-refractivity contribution in [2.75, 3.05) is 0 Å². The zero-order valence-corrected chi connectivity index (χ0v) is 24.2. The molecule has 2 heterocycles. The second-order valence-electron chi connectivity index (χ2n) is 11.3. The molecule has 0 aliphatic rings. The van der Waals surface area contributed by atoms with Crippen LogP contribution in [0, 0.1) is 0 Å². The SMILES string of the molecule is C[Si](C)(C)c1ccc(-c2ccc3cc(-c4ccc(-c5cccc6c5sc5ccccc56)cc4)cnc3c2)cc1. The molecule has 0 aliphatic carbocycles. The largest absolute Gasteiger partial charge is 0.256 e. The summed E-state index contributed by atoms with van der Waals surface area (Å²) in [6.07, 6.45) is 2.00. The van der Waals surface area contributed by atoms with E-state index in [1.54, 1.807) is 0 Å². The zero-order chi connectivity index (χ0) is 26.6. The van der Waals surface area contributed by atoms with Crippen LogP contribution in [0.25, 0.3) is 64.5 Å². The average molecular weight is 536 g/mol. The molecule has 188 valence electrons. The van der Waals surface area contributed by atoms with Gasteiger partial charge in [-0.05, 0) is 46.0 Å². The van der Waals surface area contributed by atoms with Gasteiger partial charge >= 0.3 is 0 Å². The topological polar surface area (TPSA) is 12.9 Å². The molecule has 0 aliphatic heterocycles. The molecule has 0 amide bonds. The fourth-order valence-corrected chi connectivity index (χ4v) is 7.84. The molecule has 0 bridgehead atoms. The quantitative estimate of drug-likeness (QED) is 0.204. The van der Waals surface area contributed by atoms with Crippen molar-refractivity contribution >= 4 is 55.7 Å². The molecule has 0 N–H and O–H groups in total. The van der Waals surface area contributed by atoms with E-state index in [9.17, 15) is 0 Å². The van der Waals surface area contributed by atoms with Crippen molar-refractivity contribution in [2.24, 2.45) is 0 Å². The number of rotatable bonds is 4. The molecule has 3 heteroatoms. The third kappa shape index (κ3) is 4.38. The third-order valence-corrected chi connectivity index (χ3v) is 11.0. The van der Waals surface area contributed by atoms with Crippen LogP contribution in [-0.4, -0.2) is 13.1 Å². The summed E-state index contributed by atoms with van der Waals surface area (Å²) in [7, 11) is -1.29. The molecule has 5 aromatic carbocycles. The molecule has 39 heavy (non-hydrogen) atoms. The molecule has 0 fully saturated rings. The van der Waals surface area contributed by atoms with Crippen molar-refractivity contribution in [3.8, 4) is 33.4 Å². The molecular weight excluding hydrogens is 507 g/mol. The van der Waals surface area contributed by atoms with E-state index in [2.05, 4.69) is 135 Å². The minimum absolute atomic E-state index is 1.03. The van der Waals surface area contributed by atoms with Crippen molar-refractivity contribution in [1.82, 2.24) is 4.98 Å². The van der Waals surface area contributed by atoms with Gasteiger partial charge in [-0.2, -0.15) is 0 Å². The first kappa shape index (κ1) is 24.0. The number of hydrogen-bond acceptors (Lipinski definition) is 2. The van der Waals surface area contributed by atoms with Crippen LogP contribution in [0.2, 0.25) is 19.6 Å². The van der Waals surface area contributed by atoms with Gasteiger partial charge in [0.2, 0.25) is 0 Å². The van der Waals surface area contributed by atoms with Crippen LogP contribution < -0.4 is 5.19 Å². The van der Waals surface area contributed by atoms with Crippen molar-refractivity contribution in [1.29, 1.82) is 0 Å². The second-order valence-corrected chi connectivity index (χ2v) is 17.4. The lowest BCUT2D eigenvalue weighted by atomic mass is 9.98. The summed E-state index contributed by atoms with van der Waals surface area (Å²) >= 11 is 1.88. The van der Waals surface area contributed by atoms with Gasteiger partial charge in [0.15, 0.2) is 0 Å². The van der Waals surface area contributed by atoms with Gasteiger partial charge in [-0.3, -0.25) is 4.98 Å². The van der Waals surface area contributed by atoms with Crippen molar-refractivity contribution in [3.05, 3.63) is 121 Å². The summed E-state index contributed by atoms with van der Waals surface area (Å²) in [4.78, 5) is 4.85. The van der Waals surface area contributed by atoms with Crippen LogP contribution in [0.1, 0.15) is 0 Å². The second kappa shape index (κ2) is 9.30. The predicted octanol–water partition coefficient (Wildman–Crippen LogP) is 10.1. The maximum Gasteiger partial charge on any atom is 0.0775 e. The molecule has 0 radical (unpaired) electrons. The van der Waals surface area contributed by atoms with Gasteiger partial charge < -0.3 is 0 Å². The van der Waals surface area contributed by atoms with E-state index in [0.29, 0.717) is 0 Å². The summed E-state index contributed by atoms with van der Waals surface area (Å²) in [6.45, 7) is 7.16. The van der Waals surface area contributed by atoms with Crippen LogP contribution in [-0.2, 0) is 0 Å². The van der Waals surface area contributed by atoms with E-state index in [1.165, 1.54) is 53.2 Å². The Labute approximate surface area is 234 Å². The maximum absolute atomic E-state index is 4.85. The highest BCUT2D eigenvalue weighted by Crippen LogP contribution is 2.40. The van der Waals surface area contributed by atoms with E-state index in [4.69, 9.17) is 4.98 Å². The third-order valence-electron chi connectivity index (χ3n) is 7.70. The molecule has 0 unspecified atom stereocenters. The first-order valence-electron chi connectivity index (χ1n) is 13.5. The molecule has 2 aromatic heterocycles. The normalized spacial score (nSPS) is 12.0. The van der Waals surface area contributed by atoms with E-state index in [-0.39, 0.29) is 0 Å². The molecule has 0 spiro atoms. The van der Waals surface area contributed by atoms with E-state index in [0.717, 1.165) is 16.5 Å². The van der Waals surface area contributed by atoms with Crippen molar-refractivity contribution < 1.29 is 0 Å². The van der Waals surface area contributed by atoms with Gasteiger partial charge in [0.1, 0.15) is 0 Å². The van der Waals surface area contributed by atoms with E-state index >= 15 is 0 Å². The van der Waals surface area contributed by atoms with Crippen LogP contribution in [0.3, 0.4) is 0 Å². The Balaban J connectivity index is 1.19. The van der Waals surface area contributed by atoms with Gasteiger partial charge in [-0.25, -0.2) is 0 Å². The van der Waals surface area contributed by atoms with Gasteiger partial charge in [-0.15, -0.1) is 11.3 Å². The number of benzene rings is 5.